The van der Waals surface area contributed by atoms with E-state index in [1.165, 1.54) is 0 Å². The Morgan fingerprint density at radius 2 is 2.16 bits per heavy atom. The highest BCUT2D eigenvalue weighted by molar-refractivity contribution is 9.10. The van der Waals surface area contributed by atoms with Crippen molar-refractivity contribution >= 4 is 21.8 Å². The fourth-order valence-corrected chi connectivity index (χ4v) is 3.08. The van der Waals surface area contributed by atoms with Gasteiger partial charge < -0.3 is 14.2 Å². The minimum atomic E-state index is 0.142. The summed E-state index contributed by atoms with van der Waals surface area (Å²) in [4.78, 5) is 14.5. The SMILES string of the molecule is CCn1cc(Br)cc1C(=O)N1CCC(COC)CC1. The Morgan fingerprint density at radius 1 is 1.47 bits per heavy atom. The maximum Gasteiger partial charge on any atom is 0.270 e. The molecule has 0 bridgehead atoms. The number of hydrogen-bond donors (Lipinski definition) is 0. The number of carbonyl (C=O) groups is 1. The van der Waals surface area contributed by atoms with E-state index in [0.29, 0.717) is 5.92 Å². The number of likely N-dealkylation sites (tertiary alicyclic amines) is 1. The lowest BCUT2D eigenvalue weighted by molar-refractivity contribution is 0.0604. The van der Waals surface area contributed by atoms with E-state index in [1.807, 2.05) is 28.7 Å². The lowest BCUT2D eigenvalue weighted by Gasteiger charge is -2.31. The van der Waals surface area contributed by atoms with Gasteiger partial charge in [-0.25, -0.2) is 0 Å². The van der Waals surface area contributed by atoms with Gasteiger partial charge in [-0.3, -0.25) is 4.79 Å². The van der Waals surface area contributed by atoms with Crippen LogP contribution in [-0.2, 0) is 11.3 Å². The van der Waals surface area contributed by atoms with E-state index in [2.05, 4.69) is 15.9 Å². The molecule has 2 heterocycles. The molecule has 106 valence electrons. The number of hydrogen-bond acceptors (Lipinski definition) is 2. The number of carbonyl (C=O) groups excluding carboxylic acids is 1. The molecule has 0 spiro atoms. The van der Waals surface area contributed by atoms with Gasteiger partial charge in [0.05, 0.1) is 0 Å². The first kappa shape index (κ1) is 14.6. The van der Waals surface area contributed by atoms with Crippen LogP contribution >= 0.6 is 15.9 Å². The second-order valence-electron chi connectivity index (χ2n) is 5.02. The van der Waals surface area contributed by atoms with E-state index in [4.69, 9.17) is 4.74 Å². The Bertz CT molecular complexity index is 437. The molecule has 5 heteroatoms. The number of aromatic nitrogens is 1. The standard InChI is InChI=1S/C14H21BrN2O2/c1-3-16-9-12(15)8-13(16)14(18)17-6-4-11(5-7-17)10-19-2/h8-9,11H,3-7,10H2,1-2H3. The van der Waals surface area contributed by atoms with Crippen molar-refractivity contribution in [2.24, 2.45) is 5.92 Å². The third-order valence-corrected chi connectivity index (χ3v) is 4.16. The monoisotopic (exact) mass is 328 g/mol. The van der Waals surface area contributed by atoms with E-state index in [-0.39, 0.29) is 5.91 Å². The van der Waals surface area contributed by atoms with E-state index < -0.39 is 0 Å². The van der Waals surface area contributed by atoms with Crippen molar-refractivity contribution in [2.45, 2.75) is 26.3 Å². The molecule has 1 aromatic heterocycles. The number of methoxy groups -OCH3 is 1. The number of piperidine rings is 1. The lowest BCUT2D eigenvalue weighted by Crippen LogP contribution is -2.40. The summed E-state index contributed by atoms with van der Waals surface area (Å²) in [6.07, 6.45) is 4.03. The van der Waals surface area contributed by atoms with Gasteiger partial charge in [-0.15, -0.1) is 0 Å². The third-order valence-electron chi connectivity index (χ3n) is 3.73. The number of nitrogens with zero attached hydrogens (tertiary/aromatic N) is 2. The first-order valence-corrected chi connectivity index (χ1v) is 7.59. The molecule has 2 rings (SSSR count). The van der Waals surface area contributed by atoms with Crippen molar-refractivity contribution in [3.63, 3.8) is 0 Å². The highest BCUT2D eigenvalue weighted by Gasteiger charge is 2.25. The summed E-state index contributed by atoms with van der Waals surface area (Å²) in [7, 11) is 1.74. The number of ether oxygens (including phenoxy) is 1. The summed E-state index contributed by atoms with van der Waals surface area (Å²) in [6, 6.07) is 1.91. The van der Waals surface area contributed by atoms with Crippen LogP contribution in [0, 0.1) is 5.92 Å². The number of aryl methyl sites for hydroxylation is 1. The highest BCUT2D eigenvalue weighted by Crippen LogP contribution is 2.21. The molecule has 19 heavy (non-hydrogen) atoms. The fourth-order valence-electron chi connectivity index (χ4n) is 2.62. The Kier molecular flexibility index (Phi) is 5.05. The number of rotatable bonds is 4. The molecule has 1 fully saturated rings. The molecular weight excluding hydrogens is 308 g/mol. The predicted molar refractivity (Wildman–Crippen MR) is 78.3 cm³/mol. The third kappa shape index (κ3) is 3.39. The molecule has 1 aliphatic rings. The summed E-state index contributed by atoms with van der Waals surface area (Å²) in [5.74, 6) is 0.738. The van der Waals surface area contributed by atoms with E-state index in [9.17, 15) is 4.79 Å². The van der Waals surface area contributed by atoms with Gasteiger partial charge >= 0.3 is 0 Å². The van der Waals surface area contributed by atoms with Crippen LogP contribution in [0.4, 0.5) is 0 Å². The highest BCUT2D eigenvalue weighted by atomic mass is 79.9. The van der Waals surface area contributed by atoms with Crippen LogP contribution < -0.4 is 0 Å². The predicted octanol–water partition coefficient (Wildman–Crippen LogP) is 2.77. The van der Waals surface area contributed by atoms with Gasteiger partial charge in [-0.1, -0.05) is 0 Å². The molecule has 1 aliphatic heterocycles. The van der Waals surface area contributed by atoms with Crippen molar-refractivity contribution in [3.8, 4) is 0 Å². The molecule has 4 nitrogen and oxygen atoms in total. The van der Waals surface area contributed by atoms with Crippen molar-refractivity contribution < 1.29 is 9.53 Å². The average molecular weight is 329 g/mol. The molecule has 1 saturated heterocycles. The second kappa shape index (κ2) is 6.57. The van der Waals surface area contributed by atoms with Crippen LogP contribution in [0.15, 0.2) is 16.7 Å². The van der Waals surface area contributed by atoms with Gasteiger partial charge in [0.2, 0.25) is 0 Å². The molecule has 0 radical (unpaired) electrons. The Morgan fingerprint density at radius 3 is 2.74 bits per heavy atom. The van der Waals surface area contributed by atoms with Crippen molar-refractivity contribution in [1.29, 1.82) is 0 Å². The molecule has 0 N–H and O–H groups in total. The molecule has 0 atom stereocenters. The minimum Gasteiger partial charge on any atom is -0.384 e. The molecule has 0 aliphatic carbocycles. The number of amides is 1. The molecular formula is C14H21BrN2O2. The fraction of sp³-hybridized carbons (Fsp3) is 0.643. The second-order valence-corrected chi connectivity index (χ2v) is 5.94. The topological polar surface area (TPSA) is 34.5 Å². The van der Waals surface area contributed by atoms with Crippen molar-refractivity contribution in [1.82, 2.24) is 9.47 Å². The first-order valence-electron chi connectivity index (χ1n) is 6.79. The number of halogens is 1. The quantitative estimate of drug-likeness (QED) is 0.851. The van der Waals surface area contributed by atoms with Crippen LogP contribution in [0.1, 0.15) is 30.3 Å². The van der Waals surface area contributed by atoms with E-state index in [0.717, 1.165) is 49.2 Å². The zero-order valence-electron chi connectivity index (χ0n) is 11.6. The summed E-state index contributed by atoms with van der Waals surface area (Å²) < 4.78 is 8.15. The average Bonchev–Trinajstić information content (AvgIpc) is 2.80. The Hall–Kier alpha value is -0.810. The first-order chi connectivity index (χ1) is 9.15. The van der Waals surface area contributed by atoms with E-state index >= 15 is 0 Å². The summed E-state index contributed by atoms with van der Waals surface area (Å²) >= 11 is 3.44. The zero-order chi connectivity index (χ0) is 13.8. The van der Waals surface area contributed by atoms with Gasteiger partial charge in [0.25, 0.3) is 5.91 Å². The van der Waals surface area contributed by atoms with Crippen molar-refractivity contribution in [3.05, 3.63) is 22.4 Å². The maximum absolute atomic E-state index is 12.5. The summed E-state index contributed by atoms with van der Waals surface area (Å²) in [6.45, 7) is 5.33. The largest absolute Gasteiger partial charge is 0.384 e. The molecule has 1 aromatic rings. The van der Waals surface area contributed by atoms with Gasteiger partial charge in [0.1, 0.15) is 5.69 Å². The van der Waals surface area contributed by atoms with Gasteiger partial charge in [0.15, 0.2) is 0 Å². The molecule has 0 unspecified atom stereocenters. The van der Waals surface area contributed by atoms with Crippen LogP contribution in [-0.4, -0.2) is 42.2 Å². The molecule has 0 aromatic carbocycles. The normalized spacial score (nSPS) is 16.9. The maximum atomic E-state index is 12.5. The van der Waals surface area contributed by atoms with Crippen LogP contribution in [0.5, 0.6) is 0 Å². The van der Waals surface area contributed by atoms with Gasteiger partial charge in [-0.2, -0.15) is 0 Å². The smallest absolute Gasteiger partial charge is 0.270 e. The lowest BCUT2D eigenvalue weighted by atomic mass is 9.97. The van der Waals surface area contributed by atoms with Crippen LogP contribution in [0.25, 0.3) is 0 Å². The van der Waals surface area contributed by atoms with E-state index in [1.54, 1.807) is 7.11 Å². The minimum absolute atomic E-state index is 0.142. The Balaban J connectivity index is 2.01. The van der Waals surface area contributed by atoms with Crippen molar-refractivity contribution in [2.75, 3.05) is 26.8 Å². The van der Waals surface area contributed by atoms with Crippen LogP contribution in [0.2, 0.25) is 0 Å². The Labute approximate surface area is 122 Å². The molecule has 0 saturated carbocycles. The molecule has 1 amide bonds. The van der Waals surface area contributed by atoms with Gasteiger partial charge in [0, 0.05) is 44.0 Å². The summed E-state index contributed by atoms with van der Waals surface area (Å²) in [5.41, 5.74) is 0.777. The van der Waals surface area contributed by atoms with Crippen LogP contribution in [0.3, 0.4) is 0 Å². The summed E-state index contributed by atoms with van der Waals surface area (Å²) in [5, 5.41) is 0. The zero-order valence-corrected chi connectivity index (χ0v) is 13.1. The van der Waals surface area contributed by atoms with Gasteiger partial charge in [-0.05, 0) is 47.7 Å².